The number of nitrogens with one attached hydrogen (secondary N) is 1. The number of piperazine rings is 1. The largest absolute Gasteiger partial charge is 0.417 e. The Bertz CT molecular complexity index is 1260. The van der Waals surface area contributed by atoms with Crippen molar-refractivity contribution in [2.24, 2.45) is 0 Å². The number of nitrogens with zero attached hydrogens (tertiary/aromatic N) is 5. The fraction of sp³-hybridized carbons (Fsp3) is 0.208. The first kappa shape index (κ1) is 23.7. The van der Waals surface area contributed by atoms with Crippen molar-refractivity contribution in [2.45, 2.75) is 6.18 Å². The zero-order valence-corrected chi connectivity index (χ0v) is 18.3. The average molecular weight is 480 g/mol. The molecule has 2 amide bonds. The lowest BCUT2D eigenvalue weighted by Gasteiger charge is -2.35. The van der Waals surface area contributed by atoms with Gasteiger partial charge >= 0.3 is 6.18 Å². The van der Waals surface area contributed by atoms with Gasteiger partial charge in [-0.2, -0.15) is 18.4 Å². The quantitative estimate of drug-likeness (QED) is 0.613. The Labute approximate surface area is 198 Å². The van der Waals surface area contributed by atoms with Crippen LogP contribution in [0.1, 0.15) is 32.0 Å². The Morgan fingerprint density at radius 2 is 1.60 bits per heavy atom. The van der Waals surface area contributed by atoms with Crippen molar-refractivity contribution in [3.63, 3.8) is 0 Å². The molecule has 2 heterocycles. The summed E-state index contributed by atoms with van der Waals surface area (Å²) in [6.45, 7) is 1.14. The highest BCUT2D eigenvalue weighted by Crippen LogP contribution is 2.32. The number of anilines is 2. The van der Waals surface area contributed by atoms with Crippen LogP contribution >= 0.6 is 0 Å². The number of aromatic nitrogens is 2. The fourth-order valence-corrected chi connectivity index (χ4v) is 3.66. The fourth-order valence-electron chi connectivity index (χ4n) is 3.66. The molecule has 0 unspecified atom stereocenters. The molecule has 8 nitrogen and oxygen atoms in total. The number of hydrogen-bond acceptors (Lipinski definition) is 6. The number of rotatable bonds is 4. The number of halogens is 3. The van der Waals surface area contributed by atoms with E-state index in [1.54, 1.807) is 30.3 Å². The lowest BCUT2D eigenvalue weighted by atomic mass is 10.1. The third kappa shape index (κ3) is 5.38. The molecular weight excluding hydrogens is 461 g/mol. The summed E-state index contributed by atoms with van der Waals surface area (Å²) in [5.74, 6) is -0.645. The molecule has 2 aromatic carbocycles. The number of amides is 2. The number of alkyl halides is 3. The summed E-state index contributed by atoms with van der Waals surface area (Å²) in [4.78, 5) is 28.4. The molecule has 1 aliphatic heterocycles. The molecule has 1 N–H and O–H groups in total. The maximum absolute atomic E-state index is 13.3. The predicted octanol–water partition coefficient (Wildman–Crippen LogP) is 3.58. The summed E-state index contributed by atoms with van der Waals surface area (Å²) in [5, 5.41) is 19.6. The van der Waals surface area contributed by atoms with Crippen molar-refractivity contribution < 1.29 is 22.8 Å². The number of benzene rings is 2. The zero-order chi connectivity index (χ0) is 25.0. The molecule has 0 saturated carbocycles. The highest BCUT2D eigenvalue weighted by atomic mass is 19.4. The average Bonchev–Trinajstić information content (AvgIpc) is 2.88. The molecule has 0 spiro atoms. The Morgan fingerprint density at radius 1 is 0.914 bits per heavy atom. The van der Waals surface area contributed by atoms with Crippen LogP contribution in [0.2, 0.25) is 0 Å². The number of carbonyl (C=O) groups excluding carboxylic acids is 2. The van der Waals surface area contributed by atoms with Crippen molar-refractivity contribution in [3.05, 3.63) is 83.0 Å². The summed E-state index contributed by atoms with van der Waals surface area (Å²) in [7, 11) is 0. The Kier molecular flexibility index (Phi) is 6.64. The molecule has 178 valence electrons. The maximum Gasteiger partial charge on any atom is 0.417 e. The molecule has 0 atom stereocenters. The van der Waals surface area contributed by atoms with Gasteiger partial charge < -0.3 is 15.1 Å². The van der Waals surface area contributed by atoms with E-state index in [1.165, 1.54) is 29.2 Å². The minimum absolute atomic E-state index is 0.0932. The number of hydrogen-bond donors (Lipinski definition) is 1. The highest BCUT2D eigenvalue weighted by molar-refractivity contribution is 6.02. The second-order valence-corrected chi connectivity index (χ2v) is 7.74. The maximum atomic E-state index is 13.3. The first-order chi connectivity index (χ1) is 16.8. The van der Waals surface area contributed by atoms with E-state index < -0.39 is 23.6 Å². The van der Waals surface area contributed by atoms with E-state index >= 15 is 0 Å². The molecule has 0 radical (unpaired) electrons. The van der Waals surface area contributed by atoms with E-state index in [4.69, 9.17) is 5.26 Å². The molecule has 1 aromatic heterocycles. The van der Waals surface area contributed by atoms with Crippen molar-refractivity contribution in [1.82, 2.24) is 15.1 Å². The van der Waals surface area contributed by atoms with Gasteiger partial charge in [0.15, 0.2) is 11.5 Å². The van der Waals surface area contributed by atoms with Crippen LogP contribution in [0.3, 0.4) is 0 Å². The van der Waals surface area contributed by atoms with Crippen LogP contribution in [0.5, 0.6) is 0 Å². The summed E-state index contributed by atoms with van der Waals surface area (Å²) < 4.78 is 39.8. The minimum Gasteiger partial charge on any atom is -0.352 e. The third-order valence-corrected chi connectivity index (χ3v) is 5.51. The monoisotopic (exact) mass is 480 g/mol. The molecule has 35 heavy (non-hydrogen) atoms. The SMILES string of the molecule is N#Cc1ccc(NC(=O)c2ccc(N3CCN(C(=O)c4ccccc4C(F)(F)F)CC3)nn2)cc1. The van der Waals surface area contributed by atoms with Crippen molar-refractivity contribution in [3.8, 4) is 6.07 Å². The van der Waals surface area contributed by atoms with Gasteiger partial charge in [0.05, 0.1) is 22.8 Å². The smallest absolute Gasteiger partial charge is 0.352 e. The van der Waals surface area contributed by atoms with Crippen LogP contribution in [-0.4, -0.2) is 53.1 Å². The van der Waals surface area contributed by atoms with Crippen LogP contribution < -0.4 is 10.2 Å². The van der Waals surface area contributed by atoms with Crippen LogP contribution in [-0.2, 0) is 6.18 Å². The minimum atomic E-state index is -4.61. The van der Waals surface area contributed by atoms with Crippen molar-refractivity contribution >= 4 is 23.3 Å². The molecule has 3 aromatic rings. The van der Waals surface area contributed by atoms with Gasteiger partial charge in [-0.1, -0.05) is 12.1 Å². The standard InChI is InChI=1S/C24H19F3N6O2/c25-24(26,27)19-4-2-1-3-18(19)23(35)33-13-11-32(12-14-33)21-10-9-20(30-31-21)22(34)29-17-7-5-16(15-28)6-8-17/h1-10H,11-14H2,(H,29,34). The van der Waals surface area contributed by atoms with Gasteiger partial charge in [0, 0.05) is 31.9 Å². The van der Waals surface area contributed by atoms with E-state index in [1.807, 2.05) is 11.0 Å². The van der Waals surface area contributed by atoms with E-state index in [0.29, 0.717) is 30.2 Å². The van der Waals surface area contributed by atoms with Crippen LogP contribution in [0.15, 0.2) is 60.7 Å². The topological polar surface area (TPSA) is 102 Å². The van der Waals surface area contributed by atoms with Crippen LogP contribution in [0.25, 0.3) is 0 Å². The number of nitriles is 1. The Hall–Kier alpha value is -4.46. The van der Waals surface area contributed by atoms with Gasteiger partial charge in [0.2, 0.25) is 0 Å². The van der Waals surface area contributed by atoms with Gasteiger partial charge in [-0.25, -0.2) is 0 Å². The van der Waals surface area contributed by atoms with E-state index in [-0.39, 0.29) is 24.3 Å². The predicted molar refractivity (Wildman–Crippen MR) is 121 cm³/mol. The highest BCUT2D eigenvalue weighted by Gasteiger charge is 2.36. The van der Waals surface area contributed by atoms with Crippen LogP contribution in [0.4, 0.5) is 24.7 Å². The van der Waals surface area contributed by atoms with Gasteiger partial charge in [0.25, 0.3) is 11.8 Å². The summed E-state index contributed by atoms with van der Waals surface area (Å²) in [5.41, 5.74) is -0.249. The first-order valence-electron chi connectivity index (χ1n) is 10.6. The summed E-state index contributed by atoms with van der Waals surface area (Å²) >= 11 is 0. The Morgan fingerprint density at radius 3 is 2.20 bits per heavy atom. The lowest BCUT2D eigenvalue weighted by molar-refractivity contribution is -0.138. The molecule has 1 aliphatic rings. The lowest BCUT2D eigenvalue weighted by Crippen LogP contribution is -2.49. The molecule has 1 fully saturated rings. The summed E-state index contributed by atoms with van der Waals surface area (Å²) in [6.07, 6.45) is -4.61. The normalized spacial score (nSPS) is 13.8. The zero-order valence-electron chi connectivity index (χ0n) is 18.3. The van der Waals surface area contributed by atoms with Crippen molar-refractivity contribution in [1.29, 1.82) is 5.26 Å². The Balaban J connectivity index is 1.36. The molecule has 0 aliphatic carbocycles. The molecular formula is C24H19F3N6O2. The number of carbonyl (C=O) groups is 2. The third-order valence-electron chi connectivity index (χ3n) is 5.51. The van der Waals surface area contributed by atoms with Crippen LogP contribution in [0, 0.1) is 11.3 Å². The second kappa shape index (κ2) is 9.80. The second-order valence-electron chi connectivity index (χ2n) is 7.74. The molecule has 1 saturated heterocycles. The van der Waals surface area contributed by atoms with E-state index in [0.717, 1.165) is 6.07 Å². The summed E-state index contributed by atoms with van der Waals surface area (Å²) in [6, 6.07) is 16.2. The molecule has 0 bridgehead atoms. The van der Waals surface area contributed by atoms with E-state index in [9.17, 15) is 22.8 Å². The van der Waals surface area contributed by atoms with Gasteiger partial charge in [-0.05, 0) is 48.5 Å². The first-order valence-corrected chi connectivity index (χ1v) is 10.6. The molecule has 11 heteroatoms. The van der Waals surface area contributed by atoms with Gasteiger partial charge in [-0.15, -0.1) is 10.2 Å². The van der Waals surface area contributed by atoms with Gasteiger partial charge in [-0.3, -0.25) is 9.59 Å². The van der Waals surface area contributed by atoms with E-state index in [2.05, 4.69) is 15.5 Å². The molecule has 4 rings (SSSR count). The van der Waals surface area contributed by atoms with Gasteiger partial charge in [0.1, 0.15) is 0 Å². The van der Waals surface area contributed by atoms with Crippen molar-refractivity contribution in [2.75, 3.05) is 36.4 Å².